The Morgan fingerprint density at radius 1 is 1.13 bits per heavy atom. The van der Waals surface area contributed by atoms with Crippen LogP contribution in [-0.4, -0.2) is 62.3 Å². The van der Waals surface area contributed by atoms with Gasteiger partial charge in [-0.3, -0.25) is 9.89 Å². The van der Waals surface area contributed by atoms with E-state index >= 15 is 0 Å². The molecule has 1 aromatic heterocycles. The van der Waals surface area contributed by atoms with Gasteiger partial charge in [0.25, 0.3) is 0 Å². The van der Waals surface area contributed by atoms with E-state index in [1.165, 1.54) is 18.4 Å². The van der Waals surface area contributed by atoms with Crippen molar-refractivity contribution in [3.05, 3.63) is 59.8 Å². The molecule has 1 aromatic carbocycles. The highest BCUT2D eigenvalue weighted by molar-refractivity contribution is 14.0. The van der Waals surface area contributed by atoms with Crippen molar-refractivity contribution in [2.45, 2.75) is 32.0 Å². The quantitative estimate of drug-likeness (QED) is 0.210. The molecule has 1 fully saturated rings. The van der Waals surface area contributed by atoms with Crippen LogP contribution in [0.3, 0.4) is 0 Å². The number of halogens is 1. The molecule has 0 bridgehead atoms. The van der Waals surface area contributed by atoms with Gasteiger partial charge in [0.15, 0.2) is 5.96 Å². The van der Waals surface area contributed by atoms with Crippen LogP contribution in [0.5, 0.6) is 5.88 Å². The van der Waals surface area contributed by atoms with E-state index < -0.39 is 0 Å². The Kier molecular flexibility index (Phi) is 11.6. The van der Waals surface area contributed by atoms with Crippen LogP contribution in [0.1, 0.15) is 24.0 Å². The number of nitrogens with one attached hydrogen (secondary N) is 2. The van der Waals surface area contributed by atoms with E-state index in [0.29, 0.717) is 31.7 Å². The molecule has 1 saturated heterocycles. The minimum absolute atomic E-state index is 0. The first-order valence-electron chi connectivity index (χ1n) is 10.6. The third-order valence-electron chi connectivity index (χ3n) is 5.25. The number of hydrogen-bond acceptors (Lipinski definition) is 5. The Hall–Kier alpha value is -1.91. The van der Waals surface area contributed by atoms with Crippen LogP contribution in [0.25, 0.3) is 0 Å². The summed E-state index contributed by atoms with van der Waals surface area (Å²) in [6.45, 7) is 4.75. The Morgan fingerprint density at radius 2 is 1.97 bits per heavy atom. The van der Waals surface area contributed by atoms with E-state index in [-0.39, 0.29) is 24.0 Å². The van der Waals surface area contributed by atoms with Gasteiger partial charge in [0, 0.05) is 52.1 Å². The Balaban J connectivity index is 0.00000341. The molecule has 7 nitrogen and oxygen atoms in total. The average Bonchev–Trinajstić information content (AvgIpc) is 3.22. The average molecular weight is 539 g/mol. The lowest BCUT2D eigenvalue weighted by atomic mass is 10.2. The number of guanidine groups is 1. The summed E-state index contributed by atoms with van der Waals surface area (Å²) in [6.07, 6.45) is 4.28. The van der Waals surface area contributed by atoms with E-state index in [9.17, 15) is 0 Å². The number of hydrogen-bond donors (Lipinski definition) is 2. The number of benzene rings is 1. The summed E-state index contributed by atoms with van der Waals surface area (Å²) in [7, 11) is 3.46. The van der Waals surface area contributed by atoms with Crippen molar-refractivity contribution in [3.8, 4) is 5.88 Å². The van der Waals surface area contributed by atoms with Crippen LogP contribution in [0.15, 0.2) is 53.7 Å². The van der Waals surface area contributed by atoms with Gasteiger partial charge in [-0.25, -0.2) is 4.98 Å². The predicted octanol–water partition coefficient (Wildman–Crippen LogP) is 3.05. The van der Waals surface area contributed by atoms with Crippen LogP contribution in [-0.2, 0) is 17.8 Å². The van der Waals surface area contributed by atoms with Crippen molar-refractivity contribution in [2.75, 3.05) is 40.5 Å². The molecule has 170 valence electrons. The number of likely N-dealkylation sites (tertiary alicyclic amines) is 1. The van der Waals surface area contributed by atoms with Gasteiger partial charge >= 0.3 is 0 Å². The Labute approximate surface area is 202 Å². The number of ether oxygens (including phenoxy) is 2. The van der Waals surface area contributed by atoms with Crippen LogP contribution < -0.4 is 15.4 Å². The highest BCUT2D eigenvalue weighted by Gasteiger charge is 2.24. The van der Waals surface area contributed by atoms with E-state index in [2.05, 4.69) is 55.8 Å². The standard InChI is InChI=1S/C23H33N5O2.HI/c1-24-23(26-16-20-10-11-22(25-15-20)30-14-13-29-2)27-17-21-9-6-12-28(21)18-19-7-4-3-5-8-19;/h3-5,7-8,10-11,15,21H,6,9,12-14,16-18H2,1-2H3,(H2,24,26,27);1H. The van der Waals surface area contributed by atoms with E-state index in [0.717, 1.165) is 31.2 Å². The molecule has 1 atom stereocenters. The first kappa shape index (κ1) is 25.4. The third kappa shape index (κ3) is 8.62. The second-order valence-corrected chi connectivity index (χ2v) is 7.40. The normalized spacial score (nSPS) is 16.6. The van der Waals surface area contributed by atoms with Crippen molar-refractivity contribution >= 4 is 29.9 Å². The molecule has 1 unspecified atom stereocenters. The molecular weight excluding hydrogens is 505 g/mol. The fourth-order valence-electron chi connectivity index (χ4n) is 3.60. The van der Waals surface area contributed by atoms with E-state index in [1.54, 1.807) is 14.2 Å². The fraction of sp³-hybridized carbons (Fsp3) is 0.478. The van der Waals surface area contributed by atoms with Gasteiger partial charge in [-0.1, -0.05) is 36.4 Å². The molecule has 3 rings (SSSR count). The van der Waals surface area contributed by atoms with Gasteiger partial charge in [-0.05, 0) is 30.5 Å². The molecule has 0 radical (unpaired) electrons. The molecule has 1 aliphatic rings. The van der Waals surface area contributed by atoms with Crippen LogP contribution >= 0.6 is 24.0 Å². The zero-order valence-electron chi connectivity index (χ0n) is 18.4. The molecule has 0 spiro atoms. The van der Waals surface area contributed by atoms with Gasteiger partial charge in [-0.2, -0.15) is 0 Å². The molecule has 2 aromatic rings. The highest BCUT2D eigenvalue weighted by atomic mass is 127. The van der Waals surface area contributed by atoms with Crippen LogP contribution in [0, 0.1) is 0 Å². The molecule has 0 aliphatic carbocycles. The summed E-state index contributed by atoms with van der Waals surface area (Å²) in [5.41, 5.74) is 2.44. The summed E-state index contributed by atoms with van der Waals surface area (Å²) in [6, 6.07) is 15.1. The van der Waals surface area contributed by atoms with Gasteiger partial charge in [0.1, 0.15) is 6.61 Å². The molecule has 1 aliphatic heterocycles. The maximum absolute atomic E-state index is 5.50. The summed E-state index contributed by atoms with van der Waals surface area (Å²) in [5.74, 6) is 1.42. The lowest BCUT2D eigenvalue weighted by Gasteiger charge is -2.25. The second-order valence-electron chi connectivity index (χ2n) is 7.40. The minimum Gasteiger partial charge on any atom is -0.475 e. The van der Waals surface area contributed by atoms with Gasteiger partial charge in [0.2, 0.25) is 5.88 Å². The largest absolute Gasteiger partial charge is 0.475 e. The van der Waals surface area contributed by atoms with Gasteiger partial charge in [-0.15, -0.1) is 24.0 Å². The van der Waals surface area contributed by atoms with E-state index in [4.69, 9.17) is 9.47 Å². The summed E-state index contributed by atoms with van der Waals surface area (Å²) < 4.78 is 10.5. The minimum atomic E-state index is 0. The monoisotopic (exact) mass is 539 g/mol. The topological polar surface area (TPSA) is 71.0 Å². The third-order valence-corrected chi connectivity index (χ3v) is 5.25. The molecule has 2 heterocycles. The predicted molar refractivity (Wildman–Crippen MR) is 135 cm³/mol. The van der Waals surface area contributed by atoms with Gasteiger partial charge < -0.3 is 20.1 Å². The Morgan fingerprint density at radius 3 is 2.68 bits per heavy atom. The molecule has 31 heavy (non-hydrogen) atoms. The molecular formula is C23H34IN5O2. The first-order chi connectivity index (χ1) is 14.8. The maximum atomic E-state index is 5.50. The fourth-order valence-corrected chi connectivity index (χ4v) is 3.60. The second kappa shape index (κ2) is 14.2. The van der Waals surface area contributed by atoms with Crippen LogP contribution in [0.4, 0.5) is 0 Å². The number of rotatable bonds is 10. The lowest BCUT2D eigenvalue weighted by Crippen LogP contribution is -2.44. The smallest absolute Gasteiger partial charge is 0.213 e. The first-order valence-corrected chi connectivity index (χ1v) is 10.6. The number of pyridine rings is 1. The zero-order chi connectivity index (χ0) is 21.0. The zero-order valence-corrected chi connectivity index (χ0v) is 20.7. The maximum Gasteiger partial charge on any atom is 0.213 e. The van der Waals surface area contributed by atoms with Crippen molar-refractivity contribution in [2.24, 2.45) is 4.99 Å². The molecule has 2 N–H and O–H groups in total. The van der Waals surface area contributed by atoms with Crippen LogP contribution in [0.2, 0.25) is 0 Å². The van der Waals surface area contributed by atoms with Crippen molar-refractivity contribution < 1.29 is 9.47 Å². The van der Waals surface area contributed by atoms with Crippen molar-refractivity contribution in [1.82, 2.24) is 20.5 Å². The number of methoxy groups -OCH3 is 1. The summed E-state index contributed by atoms with van der Waals surface area (Å²) in [5, 5.41) is 6.85. The summed E-state index contributed by atoms with van der Waals surface area (Å²) in [4.78, 5) is 11.2. The number of nitrogens with zero attached hydrogens (tertiary/aromatic N) is 3. The lowest BCUT2D eigenvalue weighted by molar-refractivity contribution is 0.143. The number of aromatic nitrogens is 1. The van der Waals surface area contributed by atoms with Gasteiger partial charge in [0.05, 0.1) is 6.61 Å². The van der Waals surface area contributed by atoms with E-state index in [1.807, 2.05) is 18.3 Å². The highest BCUT2D eigenvalue weighted by Crippen LogP contribution is 2.19. The molecule has 0 saturated carbocycles. The van der Waals surface area contributed by atoms with Crippen molar-refractivity contribution in [3.63, 3.8) is 0 Å². The Bertz CT molecular complexity index is 773. The molecule has 8 heteroatoms. The SMILES string of the molecule is CN=C(NCc1ccc(OCCOC)nc1)NCC1CCCN1Cc1ccccc1.I. The molecule has 0 amide bonds. The number of aliphatic imine (C=N–C) groups is 1. The van der Waals surface area contributed by atoms with Crippen molar-refractivity contribution in [1.29, 1.82) is 0 Å². The summed E-state index contributed by atoms with van der Waals surface area (Å²) >= 11 is 0.